The number of carbonyl (C=O) groups excluding carboxylic acids is 3. The molecule has 4 unspecified atom stereocenters. The molecule has 1 fully saturated rings. The van der Waals surface area contributed by atoms with Crippen LogP contribution in [0.2, 0.25) is 0 Å². The van der Waals surface area contributed by atoms with Gasteiger partial charge in [-0.2, -0.15) is 11.6 Å². The van der Waals surface area contributed by atoms with Gasteiger partial charge in [0.25, 0.3) is 0 Å². The van der Waals surface area contributed by atoms with Gasteiger partial charge in [0.15, 0.2) is 0 Å². The molecule has 1 aliphatic rings. The van der Waals surface area contributed by atoms with Gasteiger partial charge in [0.05, 0.1) is 5.25 Å². The fraction of sp³-hybridized carbons (Fsp3) is 0.727. The standard InChI is InChI=1S/C11H19BIN2O4PS/c1-4-19-7(3)14-10(17)6(2)15-9(16)5-8(11(15)18)21-12(13)20/h6-8H,4-5,20H2,1-3H3,(H,14,17). The maximum absolute atomic E-state index is 12.3. The minimum atomic E-state index is -0.823. The zero-order valence-corrected chi connectivity index (χ0v) is 16.3. The smallest absolute Gasteiger partial charge is 0.303 e. The lowest BCUT2D eigenvalue weighted by Crippen LogP contribution is -2.50. The summed E-state index contributed by atoms with van der Waals surface area (Å²) in [5.41, 5.74) is 0. The van der Waals surface area contributed by atoms with Crippen LogP contribution >= 0.6 is 43.1 Å². The summed E-state index contributed by atoms with van der Waals surface area (Å²) in [5, 5.41) is 2.23. The van der Waals surface area contributed by atoms with E-state index in [2.05, 4.69) is 36.8 Å². The van der Waals surface area contributed by atoms with Crippen molar-refractivity contribution in [2.24, 2.45) is 0 Å². The Kier molecular flexibility index (Phi) is 7.94. The van der Waals surface area contributed by atoms with Gasteiger partial charge in [0.1, 0.15) is 12.3 Å². The molecule has 1 rings (SSSR count). The lowest BCUT2D eigenvalue weighted by atomic mass is 10.2. The zero-order valence-electron chi connectivity index (χ0n) is 12.2. The molecular weight excluding hydrogens is 425 g/mol. The number of nitrogens with zero attached hydrogens (tertiary/aromatic N) is 1. The topological polar surface area (TPSA) is 75.7 Å². The summed E-state index contributed by atoms with van der Waals surface area (Å²) in [5.74, 6) is -0.979. The number of likely N-dealkylation sites (tertiary alicyclic amines) is 1. The minimum absolute atomic E-state index is 0.145. The molecule has 1 aliphatic heterocycles. The summed E-state index contributed by atoms with van der Waals surface area (Å²) in [6, 6.07) is -0.823. The normalized spacial score (nSPS) is 21.4. The molecule has 0 radical (unpaired) electrons. The molecule has 0 spiro atoms. The third-order valence-electron chi connectivity index (χ3n) is 2.96. The van der Waals surface area contributed by atoms with Crippen LogP contribution in [0.1, 0.15) is 27.2 Å². The van der Waals surface area contributed by atoms with Gasteiger partial charge in [0.2, 0.25) is 17.7 Å². The van der Waals surface area contributed by atoms with Crippen LogP contribution in [0.3, 0.4) is 0 Å². The predicted octanol–water partition coefficient (Wildman–Crippen LogP) is 1.03. The lowest BCUT2D eigenvalue weighted by Gasteiger charge is -2.24. The van der Waals surface area contributed by atoms with Crippen molar-refractivity contribution >= 4 is 64.4 Å². The second-order valence-electron chi connectivity index (χ2n) is 4.56. The maximum Gasteiger partial charge on any atom is 0.303 e. The second-order valence-corrected chi connectivity index (χ2v) is 10.6. The van der Waals surface area contributed by atoms with Crippen molar-refractivity contribution in [2.45, 2.75) is 44.7 Å². The van der Waals surface area contributed by atoms with Crippen LogP contribution in [0.15, 0.2) is 0 Å². The monoisotopic (exact) mass is 444 g/mol. The first-order valence-electron chi connectivity index (χ1n) is 6.60. The lowest BCUT2D eigenvalue weighted by molar-refractivity contribution is -0.147. The quantitative estimate of drug-likeness (QED) is 0.209. The number of amides is 3. The Balaban J connectivity index is 2.68. The molecule has 0 saturated carbocycles. The third kappa shape index (κ3) is 5.37. The van der Waals surface area contributed by atoms with E-state index in [1.54, 1.807) is 13.8 Å². The molecule has 0 aromatic carbocycles. The Morgan fingerprint density at radius 3 is 2.76 bits per heavy atom. The number of halogens is 1. The summed E-state index contributed by atoms with van der Waals surface area (Å²) < 4.78 is 5.37. The van der Waals surface area contributed by atoms with Crippen molar-refractivity contribution in [1.82, 2.24) is 10.2 Å². The van der Waals surface area contributed by atoms with E-state index >= 15 is 0 Å². The number of imide groups is 1. The van der Waals surface area contributed by atoms with Crippen molar-refractivity contribution < 1.29 is 19.1 Å². The molecule has 1 N–H and O–H groups in total. The fourth-order valence-corrected chi connectivity index (χ4v) is 4.44. The highest BCUT2D eigenvalue weighted by Gasteiger charge is 2.43. The van der Waals surface area contributed by atoms with Gasteiger partial charge in [-0.05, 0) is 20.8 Å². The van der Waals surface area contributed by atoms with Crippen molar-refractivity contribution in [2.75, 3.05) is 6.61 Å². The maximum atomic E-state index is 12.3. The van der Waals surface area contributed by atoms with Gasteiger partial charge in [-0.15, -0.1) is 31.5 Å². The summed E-state index contributed by atoms with van der Waals surface area (Å²) >= 11 is 3.57. The molecule has 3 amide bonds. The van der Waals surface area contributed by atoms with E-state index in [0.29, 0.717) is 6.61 Å². The van der Waals surface area contributed by atoms with Crippen LogP contribution in [0.5, 0.6) is 0 Å². The van der Waals surface area contributed by atoms with Crippen molar-refractivity contribution in [3.05, 3.63) is 0 Å². The summed E-state index contributed by atoms with van der Waals surface area (Å²) in [6.07, 6.45) is -0.301. The molecule has 6 nitrogen and oxygen atoms in total. The fourth-order valence-electron chi connectivity index (χ4n) is 2.02. The third-order valence-corrected chi connectivity index (χ3v) is 5.27. The van der Waals surface area contributed by atoms with Crippen LogP contribution in [0.25, 0.3) is 0 Å². The van der Waals surface area contributed by atoms with Crippen LogP contribution in [-0.4, -0.2) is 50.3 Å². The second kappa shape index (κ2) is 8.69. The minimum Gasteiger partial charge on any atom is -0.359 e. The number of rotatable bonds is 7. The molecule has 1 heterocycles. The molecule has 0 aliphatic carbocycles. The van der Waals surface area contributed by atoms with Crippen LogP contribution < -0.4 is 5.32 Å². The number of nitrogens with one attached hydrogen (secondary N) is 1. The number of carbonyl (C=O) groups is 3. The van der Waals surface area contributed by atoms with E-state index in [-0.39, 0.29) is 27.7 Å². The Morgan fingerprint density at radius 2 is 2.24 bits per heavy atom. The SMILES string of the molecule is CCOC(C)NC(=O)C(C)N1C(=O)CC(SB(P)I)C1=O. The average Bonchev–Trinajstić information content (AvgIpc) is 2.63. The Hall–Kier alpha value is 0.145. The van der Waals surface area contributed by atoms with Gasteiger partial charge >= 0.3 is 3.57 Å². The van der Waals surface area contributed by atoms with E-state index in [1.807, 2.05) is 6.92 Å². The number of ether oxygens (including phenoxy) is 1. The molecule has 0 bridgehead atoms. The largest absolute Gasteiger partial charge is 0.359 e. The van der Waals surface area contributed by atoms with Crippen molar-refractivity contribution in [1.29, 1.82) is 0 Å². The van der Waals surface area contributed by atoms with E-state index in [0.717, 1.165) is 4.90 Å². The van der Waals surface area contributed by atoms with Gasteiger partial charge in [-0.1, -0.05) is 0 Å². The molecule has 0 aromatic rings. The molecular formula is C11H19BIN2O4PS. The molecule has 0 aromatic heterocycles. The zero-order chi connectivity index (χ0) is 16.2. The van der Waals surface area contributed by atoms with Crippen LogP contribution in [0, 0.1) is 0 Å². The van der Waals surface area contributed by atoms with Gasteiger partial charge < -0.3 is 10.1 Å². The Morgan fingerprint density at radius 1 is 1.62 bits per heavy atom. The van der Waals surface area contributed by atoms with Crippen molar-refractivity contribution in [3.63, 3.8) is 0 Å². The summed E-state index contributed by atoms with van der Waals surface area (Å²) in [4.78, 5) is 37.4. The average molecular weight is 444 g/mol. The van der Waals surface area contributed by atoms with E-state index in [9.17, 15) is 14.4 Å². The van der Waals surface area contributed by atoms with Crippen LogP contribution in [0.4, 0.5) is 0 Å². The Bertz CT molecular complexity index is 429. The molecule has 21 heavy (non-hydrogen) atoms. The number of hydrogen-bond acceptors (Lipinski definition) is 5. The first-order chi connectivity index (χ1) is 9.77. The summed E-state index contributed by atoms with van der Waals surface area (Å²) in [7, 11) is 2.58. The number of hydrogen-bond donors (Lipinski definition) is 1. The van der Waals surface area contributed by atoms with Gasteiger partial charge in [0, 0.05) is 13.0 Å². The summed E-state index contributed by atoms with van der Waals surface area (Å²) in [6.45, 7) is 5.56. The Labute approximate surface area is 144 Å². The highest BCUT2D eigenvalue weighted by atomic mass is 127. The van der Waals surface area contributed by atoms with Crippen LogP contribution in [-0.2, 0) is 19.1 Å². The molecule has 118 valence electrons. The van der Waals surface area contributed by atoms with Gasteiger partial charge in [-0.25, -0.2) is 0 Å². The first-order valence-corrected chi connectivity index (χ1v) is 9.46. The predicted molar refractivity (Wildman–Crippen MR) is 96.0 cm³/mol. The molecule has 10 heteroatoms. The van der Waals surface area contributed by atoms with E-state index in [4.69, 9.17) is 4.74 Å². The van der Waals surface area contributed by atoms with E-state index < -0.39 is 17.5 Å². The molecule has 4 atom stereocenters. The highest BCUT2D eigenvalue weighted by molar-refractivity contribution is 14.1. The van der Waals surface area contributed by atoms with E-state index in [1.165, 1.54) is 11.6 Å². The molecule has 1 saturated heterocycles. The highest BCUT2D eigenvalue weighted by Crippen LogP contribution is 2.32. The van der Waals surface area contributed by atoms with Crippen molar-refractivity contribution in [3.8, 4) is 0 Å². The van der Waals surface area contributed by atoms with Gasteiger partial charge in [-0.3, -0.25) is 19.3 Å². The first kappa shape index (κ1) is 19.2.